The molecule has 75 heavy (non-hydrogen) atoms. The average molecular weight is 1040 g/mol. The smallest absolute Gasteiger partial charge is 0.303 e. The third-order valence-electron chi connectivity index (χ3n) is 13.8. The number of nitrogens with zero attached hydrogens (tertiary/aromatic N) is 4. The molecule has 17 heteroatoms. The quantitative estimate of drug-likeness (QED) is 0.0233. The molecule has 412 valence electrons. The Morgan fingerprint density at radius 2 is 1.41 bits per heavy atom. The summed E-state index contributed by atoms with van der Waals surface area (Å²) in [5, 5.41) is 27.1. The number of aliphatic carboxylic acids is 1. The summed E-state index contributed by atoms with van der Waals surface area (Å²) < 4.78 is 29.2. The zero-order chi connectivity index (χ0) is 53.8. The molecule has 0 unspecified atom stereocenters. The predicted molar refractivity (Wildman–Crippen MR) is 292 cm³/mol. The van der Waals surface area contributed by atoms with Crippen LogP contribution in [0, 0.1) is 17.2 Å². The van der Waals surface area contributed by atoms with E-state index in [1.807, 2.05) is 46.0 Å². The number of nitrogens with one attached hydrogen (secondary N) is 3. The molecule has 8 N–H and O–H groups in total. The molecule has 1 heterocycles. The number of halogens is 1. The Morgan fingerprint density at radius 1 is 0.773 bits per heavy atom. The highest BCUT2D eigenvalue weighted by Crippen LogP contribution is 2.45. The second kappa shape index (κ2) is 32.5. The average Bonchev–Trinajstić information content (AvgIpc) is 4.15. The van der Waals surface area contributed by atoms with Crippen LogP contribution in [0.3, 0.4) is 0 Å². The van der Waals surface area contributed by atoms with Crippen LogP contribution in [0.2, 0.25) is 0 Å². The summed E-state index contributed by atoms with van der Waals surface area (Å²) in [6.07, 6.45) is 18.0. The van der Waals surface area contributed by atoms with Crippen molar-refractivity contribution in [3.8, 4) is 22.6 Å². The highest BCUT2D eigenvalue weighted by molar-refractivity contribution is 5.77. The molecule has 0 radical (unpaired) electrons. The van der Waals surface area contributed by atoms with Gasteiger partial charge in [-0.15, -0.1) is 5.10 Å². The van der Waals surface area contributed by atoms with E-state index in [-0.39, 0.29) is 41.3 Å². The van der Waals surface area contributed by atoms with Crippen LogP contribution in [0.15, 0.2) is 66.9 Å². The van der Waals surface area contributed by atoms with Gasteiger partial charge in [-0.3, -0.25) is 23.9 Å². The van der Waals surface area contributed by atoms with Crippen LogP contribution in [-0.2, 0) is 45.2 Å². The van der Waals surface area contributed by atoms with E-state index in [0.29, 0.717) is 114 Å². The van der Waals surface area contributed by atoms with Crippen molar-refractivity contribution >= 4 is 23.7 Å². The fourth-order valence-corrected chi connectivity index (χ4v) is 9.67. The van der Waals surface area contributed by atoms with E-state index in [9.17, 15) is 24.3 Å². The molecule has 3 aromatic carbocycles. The molecule has 1 fully saturated rings. The minimum atomic E-state index is -0.789. The van der Waals surface area contributed by atoms with Crippen LogP contribution in [0.1, 0.15) is 145 Å². The van der Waals surface area contributed by atoms with Crippen molar-refractivity contribution in [2.75, 3.05) is 59.5 Å². The SMILES string of the molecule is COc1ccc(F)c(-c2ccc(COc3cccc([C@@H](CC(=O)O)C4CC4)c3)cc2CC(C)(C)Cn2cc(CCCCCCCCCCCCC(=O)NCCN(CCC(=O)NCCN)CCC(=O)NCCN)nn2)c1. The number of carbonyl (C=O) groups is 4. The number of hydrogen-bond acceptors (Lipinski definition) is 11. The van der Waals surface area contributed by atoms with Crippen molar-refractivity contribution in [1.29, 1.82) is 0 Å². The summed E-state index contributed by atoms with van der Waals surface area (Å²) in [6.45, 7) is 8.89. The Hall–Kier alpha value is -5.91. The summed E-state index contributed by atoms with van der Waals surface area (Å²) in [7, 11) is 1.58. The third kappa shape index (κ3) is 22.8. The molecule has 5 rings (SSSR count). The minimum absolute atomic E-state index is 0.0220. The fraction of sp³-hybridized carbons (Fsp3) is 0.586. The first-order chi connectivity index (χ1) is 36.2. The highest BCUT2D eigenvalue weighted by Gasteiger charge is 2.34. The molecule has 1 atom stereocenters. The number of benzene rings is 3. The van der Waals surface area contributed by atoms with Crippen LogP contribution in [0.25, 0.3) is 11.1 Å². The van der Waals surface area contributed by atoms with E-state index in [2.05, 4.69) is 52.4 Å². The second-order valence-corrected chi connectivity index (χ2v) is 21.0. The number of rotatable bonds is 39. The molecule has 0 aliphatic heterocycles. The number of nitrogens with two attached hydrogens (primary N) is 2. The zero-order valence-electron chi connectivity index (χ0n) is 45.0. The molecule has 1 aliphatic carbocycles. The first-order valence-electron chi connectivity index (χ1n) is 27.5. The molecule has 16 nitrogen and oxygen atoms in total. The molecule has 0 saturated heterocycles. The number of amides is 3. The summed E-state index contributed by atoms with van der Waals surface area (Å²) in [5.74, 6) is 0.383. The van der Waals surface area contributed by atoms with Crippen LogP contribution in [0.4, 0.5) is 4.39 Å². The van der Waals surface area contributed by atoms with Gasteiger partial charge in [0.2, 0.25) is 17.7 Å². The summed E-state index contributed by atoms with van der Waals surface area (Å²) in [6, 6.07) is 18.6. The van der Waals surface area contributed by atoms with E-state index in [1.54, 1.807) is 19.2 Å². The van der Waals surface area contributed by atoms with Crippen LogP contribution in [0.5, 0.6) is 11.5 Å². The Balaban J connectivity index is 0.987. The van der Waals surface area contributed by atoms with E-state index < -0.39 is 5.97 Å². The molecular formula is C58H86FN9O7. The van der Waals surface area contributed by atoms with Crippen molar-refractivity contribution < 1.29 is 38.1 Å². The van der Waals surface area contributed by atoms with Crippen molar-refractivity contribution in [3.05, 3.63) is 95.1 Å². The summed E-state index contributed by atoms with van der Waals surface area (Å²) in [4.78, 5) is 50.4. The molecule has 0 spiro atoms. The Morgan fingerprint density at radius 3 is 2.05 bits per heavy atom. The molecular weight excluding hydrogens is 954 g/mol. The Bertz CT molecular complexity index is 2350. The number of ether oxygens (including phenoxy) is 2. The molecule has 1 saturated carbocycles. The maximum absolute atomic E-state index is 15.5. The topological polar surface area (TPSA) is 229 Å². The van der Waals surface area contributed by atoms with Gasteiger partial charge in [0.1, 0.15) is 23.9 Å². The second-order valence-electron chi connectivity index (χ2n) is 21.0. The van der Waals surface area contributed by atoms with Gasteiger partial charge in [-0.1, -0.05) is 101 Å². The van der Waals surface area contributed by atoms with Crippen molar-refractivity contribution in [2.45, 2.75) is 148 Å². The number of methoxy groups -OCH3 is 1. The van der Waals surface area contributed by atoms with Crippen molar-refractivity contribution in [1.82, 2.24) is 35.8 Å². The third-order valence-corrected chi connectivity index (χ3v) is 13.8. The van der Waals surface area contributed by atoms with Crippen LogP contribution in [-0.4, -0.2) is 108 Å². The maximum Gasteiger partial charge on any atom is 0.303 e. The largest absolute Gasteiger partial charge is 0.497 e. The number of carbonyl (C=O) groups excluding carboxylic acids is 3. The molecule has 0 bridgehead atoms. The van der Waals surface area contributed by atoms with Gasteiger partial charge in [0.05, 0.1) is 19.2 Å². The van der Waals surface area contributed by atoms with Crippen molar-refractivity contribution in [2.24, 2.45) is 22.8 Å². The molecule has 1 aromatic heterocycles. The fourth-order valence-electron chi connectivity index (χ4n) is 9.67. The van der Waals surface area contributed by atoms with Crippen LogP contribution < -0.4 is 36.9 Å². The zero-order valence-corrected chi connectivity index (χ0v) is 45.0. The summed E-state index contributed by atoms with van der Waals surface area (Å²) in [5.41, 5.74) is 15.9. The lowest BCUT2D eigenvalue weighted by atomic mass is 9.82. The number of aryl methyl sites for hydroxylation is 1. The van der Waals surface area contributed by atoms with Gasteiger partial charge in [0, 0.05) is 89.9 Å². The minimum Gasteiger partial charge on any atom is -0.497 e. The Labute approximate surface area is 444 Å². The first kappa shape index (κ1) is 60.0. The highest BCUT2D eigenvalue weighted by atomic mass is 19.1. The molecule has 4 aromatic rings. The van der Waals surface area contributed by atoms with Crippen molar-refractivity contribution in [3.63, 3.8) is 0 Å². The van der Waals surface area contributed by atoms with E-state index in [1.165, 1.54) is 38.2 Å². The summed E-state index contributed by atoms with van der Waals surface area (Å²) >= 11 is 0. The lowest BCUT2D eigenvalue weighted by molar-refractivity contribution is -0.137. The first-order valence-corrected chi connectivity index (χ1v) is 27.5. The monoisotopic (exact) mass is 1040 g/mol. The maximum atomic E-state index is 15.5. The predicted octanol–water partition coefficient (Wildman–Crippen LogP) is 8.09. The van der Waals surface area contributed by atoms with Gasteiger partial charge in [0.25, 0.3) is 0 Å². The van der Waals surface area contributed by atoms with Gasteiger partial charge in [-0.2, -0.15) is 0 Å². The number of aromatic nitrogens is 3. The number of hydrogen-bond donors (Lipinski definition) is 6. The Kier molecular flexibility index (Phi) is 26.0. The molecule has 3 amide bonds. The van der Waals surface area contributed by atoms with Gasteiger partial charge in [0.15, 0.2) is 0 Å². The van der Waals surface area contributed by atoms with Gasteiger partial charge in [-0.25, -0.2) is 4.39 Å². The number of carboxylic acids is 1. The number of unbranched alkanes of at least 4 members (excludes halogenated alkanes) is 9. The lowest BCUT2D eigenvalue weighted by Crippen LogP contribution is -2.40. The normalized spacial score (nSPS) is 12.9. The molecule has 1 aliphatic rings. The number of carboxylic acid groups (broad SMARTS) is 1. The van der Waals surface area contributed by atoms with Crippen LogP contribution >= 0.6 is 0 Å². The van der Waals surface area contributed by atoms with Gasteiger partial charge < -0.3 is 46.9 Å². The van der Waals surface area contributed by atoms with E-state index in [0.717, 1.165) is 79.3 Å². The lowest BCUT2D eigenvalue weighted by Gasteiger charge is -2.26. The van der Waals surface area contributed by atoms with Gasteiger partial charge >= 0.3 is 5.97 Å². The van der Waals surface area contributed by atoms with E-state index in [4.69, 9.17) is 20.9 Å². The van der Waals surface area contributed by atoms with Gasteiger partial charge in [-0.05, 0) is 108 Å². The standard InChI is InChI=1S/C58H86FN9O7/c1-58(2,39-46-35-43(19-23-50(46)52-37-48(74-3)22-24-53(52)59)41-75-49-17-14-15-45(36-49)51(38-57(72)73)44-20-21-44)42-68-40-47(65-66-68)16-12-10-8-6-4-5-7-9-11-13-18-54(69)64-31-34-67(32-25-55(70)62-29-27-60)33-26-56(71)63-30-28-61/h14-15,17,19,22-24,35-37,40,44,51H,4-13,16,18,20-21,25-34,38-39,41-42,60-61H2,1-3H3,(H,62,70)(H,63,71)(H,64,69)(H,72,73)/t51-/m0/s1. The van der Waals surface area contributed by atoms with E-state index >= 15 is 4.39 Å².